The molecule has 0 atom stereocenters. The van der Waals surface area contributed by atoms with Gasteiger partial charge in [0.2, 0.25) is 0 Å². The Bertz CT molecular complexity index is 772. The van der Waals surface area contributed by atoms with Crippen molar-refractivity contribution in [3.05, 3.63) is 66.4 Å². The molecule has 1 N–H and O–H groups in total. The van der Waals surface area contributed by atoms with Crippen LogP contribution in [0.4, 0.5) is 14.5 Å². The van der Waals surface area contributed by atoms with Crippen LogP contribution in [0.5, 0.6) is 5.75 Å². The molecule has 0 aliphatic rings. The SMILES string of the molecule is FC(F)Oc1ccccc1CNc1cccc2cccnc12. The first-order valence-corrected chi connectivity index (χ1v) is 6.84. The summed E-state index contributed by atoms with van der Waals surface area (Å²) < 4.78 is 29.4. The Morgan fingerprint density at radius 1 is 1.00 bits per heavy atom. The highest BCUT2D eigenvalue weighted by molar-refractivity contribution is 5.90. The number of rotatable bonds is 5. The Labute approximate surface area is 126 Å². The van der Waals surface area contributed by atoms with Gasteiger partial charge in [-0.25, -0.2) is 0 Å². The molecule has 1 heterocycles. The normalized spacial score (nSPS) is 10.9. The Hall–Kier alpha value is -2.69. The van der Waals surface area contributed by atoms with E-state index in [1.54, 1.807) is 24.4 Å². The van der Waals surface area contributed by atoms with Crippen molar-refractivity contribution in [2.45, 2.75) is 13.2 Å². The van der Waals surface area contributed by atoms with Crippen LogP contribution >= 0.6 is 0 Å². The molecule has 3 rings (SSSR count). The van der Waals surface area contributed by atoms with Crippen molar-refractivity contribution < 1.29 is 13.5 Å². The molecular formula is C17H14F2N2O. The predicted molar refractivity (Wildman–Crippen MR) is 82.1 cm³/mol. The van der Waals surface area contributed by atoms with Gasteiger partial charge in [-0.3, -0.25) is 4.98 Å². The summed E-state index contributed by atoms with van der Waals surface area (Å²) in [5, 5.41) is 4.25. The highest BCUT2D eigenvalue weighted by atomic mass is 19.3. The highest BCUT2D eigenvalue weighted by Gasteiger charge is 2.09. The number of fused-ring (bicyclic) bond motifs is 1. The van der Waals surface area contributed by atoms with Crippen LogP contribution in [0.3, 0.4) is 0 Å². The number of halogens is 2. The molecule has 0 saturated carbocycles. The van der Waals surface area contributed by atoms with E-state index in [0.29, 0.717) is 12.1 Å². The minimum absolute atomic E-state index is 0.179. The van der Waals surface area contributed by atoms with Gasteiger partial charge in [0.05, 0.1) is 11.2 Å². The summed E-state index contributed by atoms with van der Waals surface area (Å²) in [5.41, 5.74) is 2.36. The van der Waals surface area contributed by atoms with Crippen molar-refractivity contribution in [1.82, 2.24) is 4.98 Å². The number of alkyl halides is 2. The number of hydrogen-bond acceptors (Lipinski definition) is 3. The molecule has 2 aromatic carbocycles. The third-order valence-electron chi connectivity index (χ3n) is 3.29. The molecule has 0 amide bonds. The molecular weight excluding hydrogens is 286 g/mol. The fourth-order valence-electron chi connectivity index (χ4n) is 2.30. The lowest BCUT2D eigenvalue weighted by Gasteiger charge is -2.13. The Morgan fingerprint density at radius 3 is 2.68 bits per heavy atom. The van der Waals surface area contributed by atoms with Crippen LogP contribution in [0.2, 0.25) is 0 Å². The van der Waals surface area contributed by atoms with Crippen molar-refractivity contribution in [2.75, 3.05) is 5.32 Å². The number of nitrogens with zero attached hydrogens (tertiary/aromatic N) is 1. The van der Waals surface area contributed by atoms with Gasteiger partial charge in [-0.15, -0.1) is 0 Å². The maximum Gasteiger partial charge on any atom is 0.387 e. The van der Waals surface area contributed by atoms with Crippen LogP contribution in [0.1, 0.15) is 5.56 Å². The Kier molecular flexibility index (Phi) is 4.14. The van der Waals surface area contributed by atoms with Crippen molar-refractivity contribution >= 4 is 16.6 Å². The maximum absolute atomic E-state index is 12.4. The summed E-state index contributed by atoms with van der Waals surface area (Å²) in [6, 6.07) is 16.4. The molecule has 0 aliphatic heterocycles. The van der Waals surface area contributed by atoms with Crippen LogP contribution in [-0.2, 0) is 6.54 Å². The van der Waals surface area contributed by atoms with Crippen molar-refractivity contribution in [3.63, 3.8) is 0 Å². The second-order valence-electron chi connectivity index (χ2n) is 4.72. The van der Waals surface area contributed by atoms with E-state index in [2.05, 4.69) is 15.0 Å². The number of nitrogens with one attached hydrogen (secondary N) is 1. The average Bonchev–Trinajstić information content (AvgIpc) is 2.53. The van der Waals surface area contributed by atoms with Gasteiger partial charge in [-0.05, 0) is 18.2 Å². The molecule has 0 fully saturated rings. The summed E-state index contributed by atoms with van der Waals surface area (Å²) >= 11 is 0. The molecule has 1 aromatic heterocycles. The maximum atomic E-state index is 12.4. The summed E-state index contributed by atoms with van der Waals surface area (Å²) in [5.74, 6) is 0.179. The van der Waals surface area contributed by atoms with Crippen molar-refractivity contribution in [2.24, 2.45) is 0 Å². The molecule has 22 heavy (non-hydrogen) atoms. The summed E-state index contributed by atoms with van der Waals surface area (Å²) in [6.07, 6.45) is 1.72. The smallest absolute Gasteiger partial charge is 0.387 e. The monoisotopic (exact) mass is 300 g/mol. The lowest BCUT2D eigenvalue weighted by Crippen LogP contribution is -2.07. The van der Waals surface area contributed by atoms with E-state index in [1.807, 2.05) is 30.3 Å². The lowest BCUT2D eigenvalue weighted by molar-refractivity contribution is -0.0504. The number of hydrogen-bond donors (Lipinski definition) is 1. The predicted octanol–water partition coefficient (Wildman–Crippen LogP) is 4.45. The van der Waals surface area contributed by atoms with Gasteiger partial charge in [0.25, 0.3) is 0 Å². The summed E-state index contributed by atoms with van der Waals surface area (Å²) in [7, 11) is 0. The molecule has 112 valence electrons. The second-order valence-corrected chi connectivity index (χ2v) is 4.72. The molecule has 3 nitrogen and oxygen atoms in total. The van der Waals surface area contributed by atoms with Gasteiger partial charge in [-0.2, -0.15) is 8.78 Å². The Morgan fingerprint density at radius 2 is 1.82 bits per heavy atom. The molecule has 0 bridgehead atoms. The van der Waals surface area contributed by atoms with Gasteiger partial charge >= 0.3 is 6.61 Å². The molecule has 0 unspecified atom stereocenters. The molecule has 0 spiro atoms. The van der Waals surface area contributed by atoms with Crippen molar-refractivity contribution in [3.8, 4) is 5.75 Å². The number of ether oxygens (including phenoxy) is 1. The average molecular weight is 300 g/mol. The van der Waals surface area contributed by atoms with Crippen LogP contribution in [0, 0.1) is 0 Å². The minimum atomic E-state index is -2.83. The minimum Gasteiger partial charge on any atom is -0.434 e. The van der Waals surface area contributed by atoms with E-state index < -0.39 is 6.61 Å². The zero-order valence-electron chi connectivity index (χ0n) is 11.7. The second kappa shape index (κ2) is 6.39. The van der Waals surface area contributed by atoms with E-state index in [0.717, 1.165) is 16.6 Å². The molecule has 5 heteroatoms. The first-order chi connectivity index (χ1) is 10.7. The molecule has 0 radical (unpaired) electrons. The Balaban J connectivity index is 1.83. The quantitative estimate of drug-likeness (QED) is 0.756. The van der Waals surface area contributed by atoms with Gasteiger partial charge in [0.1, 0.15) is 5.75 Å². The fourth-order valence-corrected chi connectivity index (χ4v) is 2.30. The van der Waals surface area contributed by atoms with Crippen LogP contribution in [0.15, 0.2) is 60.8 Å². The topological polar surface area (TPSA) is 34.1 Å². The third kappa shape index (κ3) is 3.14. The van der Waals surface area contributed by atoms with Gasteiger partial charge in [0.15, 0.2) is 0 Å². The van der Waals surface area contributed by atoms with Crippen LogP contribution in [-0.4, -0.2) is 11.6 Å². The van der Waals surface area contributed by atoms with Gasteiger partial charge in [-0.1, -0.05) is 36.4 Å². The zero-order valence-corrected chi connectivity index (χ0v) is 11.7. The standard InChI is InChI=1S/C17H14F2N2O/c18-17(19)22-15-9-2-1-5-13(15)11-21-14-8-3-6-12-7-4-10-20-16(12)14/h1-10,17,21H,11H2. The van der Waals surface area contributed by atoms with E-state index in [1.165, 1.54) is 6.07 Å². The lowest BCUT2D eigenvalue weighted by atomic mass is 10.1. The highest BCUT2D eigenvalue weighted by Crippen LogP contribution is 2.24. The summed E-state index contributed by atoms with van der Waals surface area (Å²) in [6.45, 7) is -2.46. The summed E-state index contributed by atoms with van der Waals surface area (Å²) in [4.78, 5) is 4.35. The largest absolute Gasteiger partial charge is 0.434 e. The number of pyridine rings is 1. The van der Waals surface area contributed by atoms with E-state index >= 15 is 0 Å². The first-order valence-electron chi connectivity index (χ1n) is 6.84. The fraction of sp³-hybridized carbons (Fsp3) is 0.118. The van der Waals surface area contributed by atoms with E-state index in [-0.39, 0.29) is 5.75 Å². The molecule has 3 aromatic rings. The number of benzene rings is 2. The third-order valence-corrected chi connectivity index (χ3v) is 3.29. The number of aromatic nitrogens is 1. The van der Waals surface area contributed by atoms with Crippen LogP contribution in [0.25, 0.3) is 10.9 Å². The zero-order chi connectivity index (χ0) is 15.4. The first kappa shape index (κ1) is 14.3. The van der Waals surface area contributed by atoms with Gasteiger partial charge in [0, 0.05) is 23.7 Å². The number of para-hydroxylation sites is 2. The number of anilines is 1. The van der Waals surface area contributed by atoms with Gasteiger partial charge < -0.3 is 10.1 Å². The van der Waals surface area contributed by atoms with Crippen LogP contribution < -0.4 is 10.1 Å². The molecule has 0 saturated heterocycles. The molecule has 0 aliphatic carbocycles. The van der Waals surface area contributed by atoms with Crippen molar-refractivity contribution in [1.29, 1.82) is 0 Å². The van der Waals surface area contributed by atoms with E-state index in [9.17, 15) is 8.78 Å². The van der Waals surface area contributed by atoms with E-state index in [4.69, 9.17) is 0 Å².